The second kappa shape index (κ2) is 9.47. The number of nitrogens with one attached hydrogen (secondary N) is 1. The van der Waals surface area contributed by atoms with E-state index in [0.29, 0.717) is 12.2 Å². The number of piperidine rings is 1. The molecule has 0 spiro atoms. The van der Waals surface area contributed by atoms with Gasteiger partial charge >= 0.3 is 0 Å². The second-order valence-electron chi connectivity index (χ2n) is 7.67. The predicted octanol–water partition coefficient (Wildman–Crippen LogP) is 4.16. The van der Waals surface area contributed by atoms with Gasteiger partial charge in [0.05, 0.1) is 15.9 Å². The number of hydrogen-bond acceptors (Lipinski definition) is 6. The van der Waals surface area contributed by atoms with Crippen LogP contribution < -0.4 is 5.32 Å². The average molecular weight is 467 g/mol. The number of rotatable bonds is 6. The molecule has 0 bridgehead atoms. The van der Waals surface area contributed by atoms with Crippen LogP contribution in [0, 0.1) is 10.1 Å². The molecule has 1 N–H and O–H groups in total. The number of pyridine rings is 1. The number of anilines is 1. The van der Waals surface area contributed by atoms with E-state index in [2.05, 4.69) is 10.3 Å². The van der Waals surface area contributed by atoms with Crippen molar-refractivity contribution in [1.82, 2.24) is 9.29 Å². The predicted molar refractivity (Wildman–Crippen MR) is 122 cm³/mol. The average Bonchev–Trinajstić information content (AvgIpc) is 2.85. The fraction of sp³-hybridized carbons (Fsp3) is 0.217. The zero-order valence-electron chi connectivity index (χ0n) is 17.6. The molecule has 170 valence electrons. The lowest BCUT2D eigenvalue weighted by Crippen LogP contribution is -2.38. The molecule has 9 nitrogen and oxygen atoms in total. The normalized spacial score (nSPS) is 16.8. The summed E-state index contributed by atoms with van der Waals surface area (Å²) < 4.78 is 28.3. The molecule has 0 aliphatic carbocycles. The van der Waals surface area contributed by atoms with Gasteiger partial charge in [-0.15, -0.1) is 0 Å². The Morgan fingerprint density at radius 2 is 1.82 bits per heavy atom. The van der Waals surface area contributed by atoms with Crippen molar-refractivity contribution in [2.75, 3.05) is 11.9 Å². The first-order chi connectivity index (χ1) is 15.9. The summed E-state index contributed by atoms with van der Waals surface area (Å²) >= 11 is 0. The number of aromatic nitrogens is 1. The number of nitrogens with zero attached hydrogens (tertiary/aromatic N) is 3. The highest BCUT2D eigenvalue weighted by atomic mass is 32.2. The van der Waals surface area contributed by atoms with E-state index in [1.807, 2.05) is 6.07 Å². The molecule has 0 radical (unpaired) electrons. The summed E-state index contributed by atoms with van der Waals surface area (Å²) in [4.78, 5) is 27.3. The van der Waals surface area contributed by atoms with Crippen molar-refractivity contribution in [3.63, 3.8) is 0 Å². The number of nitro groups is 1. The van der Waals surface area contributed by atoms with Gasteiger partial charge in [0.25, 0.3) is 11.6 Å². The first kappa shape index (κ1) is 22.6. The molecule has 1 aliphatic heterocycles. The summed E-state index contributed by atoms with van der Waals surface area (Å²) in [5.41, 5.74) is 0.807. The fourth-order valence-electron chi connectivity index (χ4n) is 3.97. The number of carbonyl (C=O) groups is 1. The lowest BCUT2D eigenvalue weighted by Gasteiger charge is -2.34. The summed E-state index contributed by atoms with van der Waals surface area (Å²) in [7, 11) is -3.77. The highest BCUT2D eigenvalue weighted by Gasteiger charge is 2.34. The smallest absolute Gasteiger partial charge is 0.282 e. The Hall–Kier alpha value is -3.63. The van der Waals surface area contributed by atoms with Gasteiger partial charge in [-0.25, -0.2) is 8.42 Å². The maximum atomic E-state index is 13.4. The van der Waals surface area contributed by atoms with Gasteiger partial charge < -0.3 is 5.32 Å². The van der Waals surface area contributed by atoms with E-state index >= 15 is 0 Å². The van der Waals surface area contributed by atoms with Gasteiger partial charge in [0.15, 0.2) is 0 Å². The number of carbonyl (C=O) groups excluding carboxylic acids is 1. The third-order valence-electron chi connectivity index (χ3n) is 5.59. The van der Waals surface area contributed by atoms with Crippen LogP contribution in [0.1, 0.15) is 41.2 Å². The van der Waals surface area contributed by atoms with Gasteiger partial charge in [0, 0.05) is 30.7 Å². The summed E-state index contributed by atoms with van der Waals surface area (Å²) in [6, 6.07) is 14.8. The van der Waals surface area contributed by atoms with E-state index in [4.69, 9.17) is 0 Å². The molecular formula is C23H22N4O5S. The molecule has 1 fully saturated rings. The summed E-state index contributed by atoms with van der Waals surface area (Å²) in [5, 5.41) is 13.7. The summed E-state index contributed by atoms with van der Waals surface area (Å²) in [5.74, 6) is -0.648. The maximum Gasteiger partial charge on any atom is 0.282 e. The zero-order chi connectivity index (χ0) is 23.4. The SMILES string of the molecule is O=C(Nc1ccc(S(=O)(=O)N2CCCC[C@H]2c2cccnc2)cc1)c1ccccc1[N+](=O)[O-]. The zero-order valence-corrected chi connectivity index (χ0v) is 18.4. The second-order valence-corrected chi connectivity index (χ2v) is 9.56. The number of para-hydroxylation sites is 1. The van der Waals surface area contributed by atoms with Crippen LogP contribution in [0.25, 0.3) is 0 Å². The largest absolute Gasteiger partial charge is 0.322 e. The van der Waals surface area contributed by atoms with Crippen molar-refractivity contribution < 1.29 is 18.1 Å². The van der Waals surface area contributed by atoms with E-state index in [0.717, 1.165) is 24.8 Å². The van der Waals surface area contributed by atoms with Gasteiger partial charge in [0.2, 0.25) is 10.0 Å². The van der Waals surface area contributed by atoms with E-state index in [1.165, 1.54) is 52.8 Å². The van der Waals surface area contributed by atoms with Gasteiger partial charge in [-0.2, -0.15) is 4.31 Å². The number of nitro benzene ring substituents is 1. The Kier molecular flexibility index (Phi) is 6.47. The van der Waals surface area contributed by atoms with Crippen molar-refractivity contribution in [3.8, 4) is 0 Å². The molecule has 1 aromatic heterocycles. The Balaban J connectivity index is 1.55. The molecule has 1 atom stereocenters. The quantitative estimate of drug-likeness (QED) is 0.430. The van der Waals surface area contributed by atoms with Crippen LogP contribution in [-0.4, -0.2) is 35.1 Å². The van der Waals surface area contributed by atoms with Crippen molar-refractivity contribution in [3.05, 3.63) is 94.3 Å². The Morgan fingerprint density at radius 1 is 1.06 bits per heavy atom. The van der Waals surface area contributed by atoms with E-state index in [1.54, 1.807) is 18.5 Å². The molecule has 2 heterocycles. The number of benzene rings is 2. The van der Waals surface area contributed by atoms with Crippen LogP contribution in [0.5, 0.6) is 0 Å². The van der Waals surface area contributed by atoms with Crippen molar-refractivity contribution in [1.29, 1.82) is 0 Å². The minimum Gasteiger partial charge on any atom is -0.322 e. The molecule has 2 aromatic carbocycles. The van der Waals surface area contributed by atoms with Gasteiger partial charge in [-0.1, -0.05) is 24.6 Å². The molecule has 33 heavy (non-hydrogen) atoms. The Morgan fingerprint density at radius 3 is 2.52 bits per heavy atom. The third-order valence-corrected chi connectivity index (χ3v) is 7.51. The van der Waals surface area contributed by atoms with Gasteiger partial charge in [-0.3, -0.25) is 19.9 Å². The fourth-order valence-corrected chi connectivity index (χ4v) is 5.65. The Labute approximate surface area is 191 Å². The van der Waals surface area contributed by atoms with Crippen LogP contribution in [-0.2, 0) is 10.0 Å². The minimum absolute atomic E-state index is 0.0770. The number of amides is 1. The lowest BCUT2D eigenvalue weighted by molar-refractivity contribution is -0.385. The lowest BCUT2D eigenvalue weighted by atomic mass is 9.99. The Bertz CT molecular complexity index is 1260. The van der Waals surface area contributed by atoms with Gasteiger partial charge in [0.1, 0.15) is 5.56 Å². The highest BCUT2D eigenvalue weighted by molar-refractivity contribution is 7.89. The minimum atomic E-state index is -3.77. The molecule has 0 unspecified atom stereocenters. The molecule has 1 amide bonds. The molecule has 1 aliphatic rings. The van der Waals surface area contributed by atoms with Crippen LogP contribution in [0.4, 0.5) is 11.4 Å². The van der Waals surface area contributed by atoms with E-state index < -0.39 is 20.9 Å². The first-order valence-corrected chi connectivity index (χ1v) is 11.9. The molecule has 0 saturated carbocycles. The summed E-state index contributed by atoms with van der Waals surface area (Å²) in [6.07, 6.45) is 5.78. The molecular weight excluding hydrogens is 444 g/mol. The van der Waals surface area contributed by atoms with Crippen molar-refractivity contribution >= 4 is 27.3 Å². The molecule has 3 aromatic rings. The molecule has 4 rings (SSSR count). The third kappa shape index (κ3) is 4.76. The topological polar surface area (TPSA) is 123 Å². The van der Waals surface area contributed by atoms with Crippen molar-refractivity contribution in [2.24, 2.45) is 0 Å². The number of sulfonamides is 1. The van der Waals surface area contributed by atoms with Crippen LogP contribution >= 0.6 is 0 Å². The first-order valence-electron chi connectivity index (χ1n) is 10.4. The van der Waals surface area contributed by atoms with Crippen LogP contribution in [0.15, 0.2) is 78.0 Å². The highest BCUT2D eigenvalue weighted by Crippen LogP contribution is 2.35. The van der Waals surface area contributed by atoms with Crippen LogP contribution in [0.3, 0.4) is 0 Å². The number of hydrogen-bond donors (Lipinski definition) is 1. The van der Waals surface area contributed by atoms with E-state index in [-0.39, 0.29) is 22.2 Å². The standard InChI is InChI=1S/C23H22N4O5S/c28-23(20-7-1-2-9-22(20)27(29)30)25-18-10-12-19(13-11-18)33(31,32)26-15-4-3-8-21(26)17-6-5-14-24-16-17/h1-2,5-7,9-14,16,21H,3-4,8,15H2,(H,25,28)/t21-/m0/s1. The van der Waals surface area contributed by atoms with Gasteiger partial charge in [-0.05, 0) is 54.8 Å². The maximum absolute atomic E-state index is 13.4. The monoisotopic (exact) mass is 466 g/mol. The van der Waals surface area contributed by atoms with Crippen LogP contribution in [0.2, 0.25) is 0 Å². The molecule has 10 heteroatoms. The molecule has 1 saturated heterocycles. The summed E-state index contributed by atoms with van der Waals surface area (Å²) in [6.45, 7) is 0.415. The van der Waals surface area contributed by atoms with Crippen molar-refractivity contribution in [2.45, 2.75) is 30.2 Å². The van der Waals surface area contributed by atoms with E-state index in [9.17, 15) is 23.3 Å².